The number of rotatable bonds is 6. The Morgan fingerprint density at radius 1 is 1.19 bits per heavy atom. The second kappa shape index (κ2) is 8.44. The van der Waals surface area contributed by atoms with Crippen molar-refractivity contribution in [1.82, 2.24) is 10.2 Å². The Morgan fingerprint density at radius 2 is 1.84 bits per heavy atom. The summed E-state index contributed by atoms with van der Waals surface area (Å²) >= 11 is 0. The first-order valence-corrected chi connectivity index (χ1v) is 10.9. The number of benzene rings is 1. The third-order valence-corrected chi connectivity index (χ3v) is 6.24. The number of imide groups is 1. The van der Waals surface area contributed by atoms with Crippen molar-refractivity contribution in [1.29, 1.82) is 0 Å². The number of aryl methyl sites for hydroxylation is 1. The summed E-state index contributed by atoms with van der Waals surface area (Å²) in [6.45, 7) is 9.25. The maximum absolute atomic E-state index is 13.1. The van der Waals surface area contributed by atoms with E-state index >= 15 is 0 Å². The zero-order chi connectivity index (χ0) is 23.0. The van der Waals surface area contributed by atoms with Crippen molar-refractivity contribution >= 4 is 23.7 Å². The maximum atomic E-state index is 13.1. The number of ketones is 1. The fourth-order valence-electron chi connectivity index (χ4n) is 5.21. The van der Waals surface area contributed by atoms with Gasteiger partial charge in [0.2, 0.25) is 5.78 Å². The Labute approximate surface area is 183 Å². The molecule has 31 heavy (non-hydrogen) atoms. The number of urea groups is 1. The van der Waals surface area contributed by atoms with E-state index in [1.165, 1.54) is 6.92 Å². The zero-order valence-electron chi connectivity index (χ0n) is 19.0. The van der Waals surface area contributed by atoms with E-state index in [0.717, 1.165) is 23.3 Å². The highest BCUT2D eigenvalue weighted by atomic mass is 16.5. The SMILES string of the molecule is CCc1ccc(C(=O)[C@@H](C)OC(=O)CN2C(=O)N[C@]3(C[C@H](C)CC(C)(C)C3)C2=O)cc1. The molecular weight excluding hydrogens is 396 g/mol. The predicted octanol–water partition coefficient (Wildman–Crippen LogP) is 3.50. The van der Waals surface area contributed by atoms with Crippen LogP contribution in [0.1, 0.15) is 69.8 Å². The van der Waals surface area contributed by atoms with E-state index in [4.69, 9.17) is 4.74 Å². The fraction of sp³-hybridized carbons (Fsp3) is 0.583. The molecule has 0 radical (unpaired) electrons. The Balaban J connectivity index is 1.64. The van der Waals surface area contributed by atoms with Gasteiger partial charge >= 0.3 is 12.0 Å². The molecule has 1 heterocycles. The van der Waals surface area contributed by atoms with E-state index in [1.54, 1.807) is 12.1 Å². The van der Waals surface area contributed by atoms with Gasteiger partial charge in [-0.1, -0.05) is 52.0 Å². The minimum atomic E-state index is -1.01. The maximum Gasteiger partial charge on any atom is 0.326 e. The van der Waals surface area contributed by atoms with Gasteiger partial charge in [0.05, 0.1) is 0 Å². The highest BCUT2D eigenvalue weighted by Gasteiger charge is 2.56. The third-order valence-electron chi connectivity index (χ3n) is 6.24. The normalized spacial score (nSPS) is 26.0. The topological polar surface area (TPSA) is 92.8 Å². The second-order valence-electron chi connectivity index (χ2n) is 9.80. The minimum Gasteiger partial charge on any atom is -0.453 e. The number of hydrogen-bond acceptors (Lipinski definition) is 5. The molecule has 3 rings (SSSR count). The summed E-state index contributed by atoms with van der Waals surface area (Å²) in [5, 5.41) is 2.84. The van der Waals surface area contributed by atoms with Crippen molar-refractivity contribution in [3.05, 3.63) is 35.4 Å². The van der Waals surface area contributed by atoms with Crippen molar-refractivity contribution in [3.63, 3.8) is 0 Å². The minimum absolute atomic E-state index is 0.0919. The van der Waals surface area contributed by atoms with Crippen molar-refractivity contribution in [3.8, 4) is 0 Å². The molecule has 7 nitrogen and oxygen atoms in total. The number of carbonyl (C=O) groups is 4. The lowest BCUT2D eigenvalue weighted by Crippen LogP contribution is -2.54. The number of nitrogens with zero attached hydrogens (tertiary/aromatic N) is 1. The van der Waals surface area contributed by atoms with E-state index in [1.807, 2.05) is 19.1 Å². The van der Waals surface area contributed by atoms with Crippen LogP contribution in [0.3, 0.4) is 0 Å². The summed E-state index contributed by atoms with van der Waals surface area (Å²) in [6.07, 6.45) is 1.91. The molecule has 0 bridgehead atoms. The molecule has 3 amide bonds. The molecule has 0 aromatic heterocycles. The lowest BCUT2D eigenvalue weighted by Gasteiger charge is -2.43. The number of esters is 1. The summed E-state index contributed by atoms with van der Waals surface area (Å²) in [7, 11) is 0. The first kappa shape index (κ1) is 23.0. The molecule has 0 unspecified atom stereocenters. The summed E-state index contributed by atoms with van der Waals surface area (Å²) in [6, 6.07) is 6.56. The fourth-order valence-corrected chi connectivity index (χ4v) is 5.21. The number of Topliss-reactive ketones (excluding diaryl/α,β-unsaturated/α-hetero) is 1. The molecule has 1 aromatic carbocycles. The molecule has 1 spiro atoms. The number of carbonyl (C=O) groups excluding carboxylic acids is 4. The van der Waals surface area contributed by atoms with E-state index < -0.39 is 30.2 Å². The average molecular weight is 429 g/mol. The Kier molecular flexibility index (Phi) is 6.25. The van der Waals surface area contributed by atoms with E-state index in [2.05, 4.69) is 26.1 Å². The molecule has 1 N–H and O–H groups in total. The predicted molar refractivity (Wildman–Crippen MR) is 115 cm³/mol. The largest absolute Gasteiger partial charge is 0.453 e. The smallest absolute Gasteiger partial charge is 0.326 e. The third kappa shape index (κ3) is 4.81. The highest BCUT2D eigenvalue weighted by Crippen LogP contribution is 2.46. The van der Waals surface area contributed by atoms with Crippen molar-refractivity contribution in [2.24, 2.45) is 11.3 Å². The number of ether oxygens (including phenoxy) is 1. The van der Waals surface area contributed by atoms with Gasteiger partial charge in [-0.2, -0.15) is 0 Å². The Bertz CT molecular complexity index is 892. The van der Waals surface area contributed by atoms with Gasteiger partial charge < -0.3 is 10.1 Å². The zero-order valence-corrected chi connectivity index (χ0v) is 19.0. The molecule has 1 aliphatic heterocycles. The Morgan fingerprint density at radius 3 is 2.42 bits per heavy atom. The first-order chi connectivity index (χ1) is 14.5. The van der Waals surface area contributed by atoms with Crippen LogP contribution < -0.4 is 5.32 Å². The van der Waals surface area contributed by atoms with E-state index in [0.29, 0.717) is 18.4 Å². The van der Waals surface area contributed by atoms with Crippen LogP contribution >= 0.6 is 0 Å². The van der Waals surface area contributed by atoms with Crippen molar-refractivity contribution < 1.29 is 23.9 Å². The molecule has 1 saturated carbocycles. The molecule has 1 aliphatic carbocycles. The van der Waals surface area contributed by atoms with Crippen LogP contribution in [0, 0.1) is 11.3 Å². The molecular formula is C24H32N2O5. The molecule has 1 saturated heterocycles. The van der Waals surface area contributed by atoms with Crippen LogP contribution in [0.25, 0.3) is 0 Å². The first-order valence-electron chi connectivity index (χ1n) is 10.9. The standard InChI is InChI=1S/C24H32N2O5/c1-6-17-7-9-18(10-8-17)20(28)16(3)31-19(27)13-26-21(29)24(25-22(26)30)12-15(2)11-23(4,5)14-24/h7-10,15-16H,6,11-14H2,1-5H3,(H,25,30)/t15-,16-,24+/m1/s1. The van der Waals surface area contributed by atoms with Gasteiger partial charge in [0, 0.05) is 5.56 Å². The van der Waals surface area contributed by atoms with Crippen LogP contribution in [0.15, 0.2) is 24.3 Å². The van der Waals surface area contributed by atoms with Crippen molar-refractivity contribution in [2.45, 2.75) is 71.9 Å². The molecule has 2 fully saturated rings. The summed E-state index contributed by atoms with van der Waals surface area (Å²) in [5.41, 5.74) is 0.491. The van der Waals surface area contributed by atoms with Gasteiger partial charge in [-0.25, -0.2) is 4.79 Å². The van der Waals surface area contributed by atoms with Crippen molar-refractivity contribution in [2.75, 3.05) is 6.54 Å². The average Bonchev–Trinajstić information content (AvgIpc) is 2.89. The van der Waals surface area contributed by atoms with Crippen LogP contribution in [0.4, 0.5) is 4.79 Å². The van der Waals surface area contributed by atoms with Gasteiger partial charge in [-0.3, -0.25) is 19.3 Å². The van der Waals surface area contributed by atoms with Gasteiger partial charge in [0.15, 0.2) is 6.10 Å². The lowest BCUT2D eigenvalue weighted by molar-refractivity contribution is -0.150. The number of amides is 3. The van der Waals surface area contributed by atoms with Gasteiger partial charge in [-0.05, 0) is 49.5 Å². The lowest BCUT2D eigenvalue weighted by atomic mass is 9.64. The van der Waals surface area contributed by atoms with Gasteiger partial charge in [0.1, 0.15) is 12.1 Å². The van der Waals surface area contributed by atoms with Gasteiger partial charge in [-0.15, -0.1) is 0 Å². The quantitative estimate of drug-likeness (QED) is 0.425. The van der Waals surface area contributed by atoms with Crippen LogP contribution in [-0.4, -0.2) is 46.8 Å². The number of nitrogens with one attached hydrogen (secondary N) is 1. The van der Waals surface area contributed by atoms with Crippen LogP contribution in [0.5, 0.6) is 0 Å². The number of hydrogen-bond donors (Lipinski definition) is 1. The molecule has 7 heteroatoms. The molecule has 168 valence electrons. The highest BCUT2D eigenvalue weighted by molar-refractivity contribution is 6.09. The Hall–Kier alpha value is -2.70. The summed E-state index contributed by atoms with van der Waals surface area (Å²) in [4.78, 5) is 51.6. The van der Waals surface area contributed by atoms with E-state index in [9.17, 15) is 19.2 Å². The monoisotopic (exact) mass is 428 g/mol. The molecule has 1 aromatic rings. The summed E-state index contributed by atoms with van der Waals surface area (Å²) in [5.74, 6) is -1.22. The van der Waals surface area contributed by atoms with Crippen LogP contribution in [0.2, 0.25) is 0 Å². The van der Waals surface area contributed by atoms with Gasteiger partial charge in [0.25, 0.3) is 5.91 Å². The summed E-state index contributed by atoms with van der Waals surface area (Å²) < 4.78 is 5.26. The molecule has 2 aliphatic rings. The molecule has 3 atom stereocenters. The second-order valence-corrected chi connectivity index (χ2v) is 9.80. The van der Waals surface area contributed by atoms with Crippen LogP contribution in [-0.2, 0) is 20.7 Å². The van der Waals surface area contributed by atoms with E-state index in [-0.39, 0.29) is 23.0 Å².